The maximum Gasteiger partial charge on any atom is 0.573 e. The minimum absolute atomic E-state index is 0.00608. The quantitative estimate of drug-likeness (QED) is 0.549. The molecule has 2 aromatic rings. The normalized spacial score (nSPS) is 11.0. The van der Waals surface area contributed by atoms with Gasteiger partial charge in [-0.3, -0.25) is 4.79 Å². The molecule has 2 rings (SSSR count). The fourth-order valence-electron chi connectivity index (χ4n) is 1.75. The molecule has 0 saturated carbocycles. The fourth-order valence-corrected chi connectivity index (χ4v) is 2.15. The number of ether oxygens (including phenoxy) is 2. The first-order chi connectivity index (χ1) is 11.2. The van der Waals surface area contributed by atoms with E-state index in [-0.39, 0.29) is 5.56 Å². The van der Waals surface area contributed by atoms with Gasteiger partial charge in [0.2, 0.25) is 0 Å². The number of Topliss-reactive ketones (excluding diaryl/α,β-unsaturated/α-hetero) is 1. The number of esters is 1. The summed E-state index contributed by atoms with van der Waals surface area (Å²) >= 11 is 3.22. The predicted octanol–water partition coefficient (Wildman–Crippen LogP) is 4.39. The third-order valence-electron chi connectivity index (χ3n) is 2.80. The molecule has 8 heteroatoms. The molecule has 0 unspecified atom stereocenters. The van der Waals surface area contributed by atoms with Gasteiger partial charge in [0, 0.05) is 10.0 Å². The van der Waals surface area contributed by atoms with Gasteiger partial charge < -0.3 is 9.47 Å². The second-order valence-corrected chi connectivity index (χ2v) is 5.50. The number of carbonyl (C=O) groups excluding carboxylic acids is 2. The molecule has 0 fully saturated rings. The molecule has 0 radical (unpaired) electrons. The van der Waals surface area contributed by atoms with E-state index in [1.807, 2.05) is 0 Å². The van der Waals surface area contributed by atoms with Gasteiger partial charge in [0.25, 0.3) is 0 Å². The van der Waals surface area contributed by atoms with E-state index >= 15 is 0 Å². The molecule has 0 heterocycles. The molecule has 24 heavy (non-hydrogen) atoms. The SMILES string of the molecule is O=C(COC(=O)c1ccc(OC(F)(F)F)cc1)c1cccc(Br)c1. The molecule has 2 aromatic carbocycles. The van der Waals surface area contributed by atoms with Crippen LogP contribution in [0.25, 0.3) is 0 Å². The van der Waals surface area contributed by atoms with E-state index in [4.69, 9.17) is 4.74 Å². The van der Waals surface area contributed by atoms with Crippen LogP contribution in [-0.4, -0.2) is 24.7 Å². The van der Waals surface area contributed by atoms with Gasteiger partial charge in [0.1, 0.15) is 5.75 Å². The van der Waals surface area contributed by atoms with Crippen molar-refractivity contribution < 1.29 is 32.2 Å². The van der Waals surface area contributed by atoms with Gasteiger partial charge >= 0.3 is 12.3 Å². The number of rotatable bonds is 5. The van der Waals surface area contributed by atoms with Gasteiger partial charge in [-0.2, -0.15) is 0 Å². The molecular weight excluding hydrogens is 393 g/mol. The molecular formula is C16H10BrF3O4. The van der Waals surface area contributed by atoms with Crippen LogP contribution in [-0.2, 0) is 4.74 Å². The summed E-state index contributed by atoms with van der Waals surface area (Å²) in [6.45, 7) is -0.476. The van der Waals surface area contributed by atoms with Crippen LogP contribution in [0.1, 0.15) is 20.7 Å². The van der Waals surface area contributed by atoms with E-state index in [9.17, 15) is 22.8 Å². The zero-order valence-corrected chi connectivity index (χ0v) is 13.6. The highest BCUT2D eigenvalue weighted by Crippen LogP contribution is 2.23. The van der Waals surface area contributed by atoms with Crippen LogP contribution in [0.5, 0.6) is 5.75 Å². The van der Waals surface area contributed by atoms with E-state index in [0.29, 0.717) is 10.0 Å². The average Bonchev–Trinajstić information content (AvgIpc) is 2.51. The molecule has 0 atom stereocenters. The largest absolute Gasteiger partial charge is 0.573 e. The van der Waals surface area contributed by atoms with Crippen LogP contribution >= 0.6 is 15.9 Å². The van der Waals surface area contributed by atoms with Crippen LogP contribution in [0.15, 0.2) is 53.0 Å². The van der Waals surface area contributed by atoms with Crippen molar-refractivity contribution in [3.8, 4) is 5.75 Å². The minimum atomic E-state index is -4.81. The second-order valence-electron chi connectivity index (χ2n) is 4.58. The fraction of sp³-hybridized carbons (Fsp3) is 0.125. The summed E-state index contributed by atoms with van der Waals surface area (Å²) in [6, 6.07) is 10.8. The standard InChI is InChI=1S/C16H10BrF3O4/c17-12-3-1-2-11(8-12)14(21)9-23-15(22)10-4-6-13(7-5-10)24-16(18,19)20/h1-8H,9H2. The van der Waals surface area contributed by atoms with Crippen LogP contribution < -0.4 is 4.74 Å². The highest BCUT2D eigenvalue weighted by atomic mass is 79.9. The lowest BCUT2D eigenvalue weighted by Gasteiger charge is -2.09. The molecule has 0 spiro atoms. The van der Waals surface area contributed by atoms with E-state index in [0.717, 1.165) is 24.3 Å². The van der Waals surface area contributed by atoms with E-state index in [1.165, 1.54) is 0 Å². The van der Waals surface area contributed by atoms with Crippen molar-refractivity contribution in [3.63, 3.8) is 0 Å². The minimum Gasteiger partial charge on any atom is -0.454 e. The Hall–Kier alpha value is -2.35. The number of benzene rings is 2. The molecule has 126 valence electrons. The number of halogens is 4. The zero-order chi connectivity index (χ0) is 17.7. The Morgan fingerprint density at radius 2 is 1.67 bits per heavy atom. The molecule has 0 aromatic heterocycles. The molecule has 0 amide bonds. The highest BCUT2D eigenvalue weighted by Gasteiger charge is 2.31. The molecule has 4 nitrogen and oxygen atoms in total. The Labute approximate surface area is 143 Å². The van der Waals surface area contributed by atoms with Crippen LogP contribution in [0.3, 0.4) is 0 Å². The van der Waals surface area contributed by atoms with Gasteiger partial charge in [0.15, 0.2) is 12.4 Å². The average molecular weight is 403 g/mol. The van der Waals surface area contributed by atoms with E-state index in [2.05, 4.69) is 20.7 Å². The van der Waals surface area contributed by atoms with Crippen LogP contribution in [0.4, 0.5) is 13.2 Å². The van der Waals surface area contributed by atoms with E-state index in [1.54, 1.807) is 24.3 Å². The monoisotopic (exact) mass is 402 g/mol. The van der Waals surface area contributed by atoms with E-state index < -0.39 is 30.5 Å². The number of carbonyl (C=O) groups is 2. The summed E-state index contributed by atoms with van der Waals surface area (Å²) in [5.74, 6) is -1.68. The van der Waals surface area contributed by atoms with Gasteiger partial charge in [0.05, 0.1) is 5.56 Å². The molecule has 0 bridgehead atoms. The molecule has 0 aliphatic rings. The first kappa shape index (κ1) is 18.0. The van der Waals surface area contributed by atoms with Crippen molar-refractivity contribution >= 4 is 27.7 Å². The second kappa shape index (κ2) is 7.48. The molecule has 0 saturated heterocycles. The van der Waals surface area contributed by atoms with Crippen LogP contribution in [0, 0.1) is 0 Å². The first-order valence-electron chi connectivity index (χ1n) is 6.56. The van der Waals surface area contributed by atoms with Crippen LogP contribution in [0.2, 0.25) is 0 Å². The Morgan fingerprint density at radius 3 is 2.25 bits per heavy atom. The van der Waals surface area contributed by atoms with Crippen molar-refractivity contribution in [2.75, 3.05) is 6.61 Å². The summed E-state index contributed by atoms with van der Waals surface area (Å²) in [4.78, 5) is 23.7. The number of hydrogen-bond donors (Lipinski definition) is 0. The Kier molecular flexibility index (Phi) is 5.61. The summed E-state index contributed by atoms with van der Waals surface area (Å²) in [6.07, 6.45) is -4.81. The Balaban J connectivity index is 1.94. The van der Waals surface area contributed by atoms with Gasteiger partial charge in [-0.1, -0.05) is 28.1 Å². The Morgan fingerprint density at radius 1 is 1.00 bits per heavy atom. The lowest BCUT2D eigenvalue weighted by atomic mass is 10.1. The van der Waals surface area contributed by atoms with Crippen molar-refractivity contribution in [2.24, 2.45) is 0 Å². The Bertz CT molecular complexity index is 742. The summed E-state index contributed by atoms with van der Waals surface area (Å²) in [7, 11) is 0. The first-order valence-corrected chi connectivity index (χ1v) is 7.35. The molecule has 0 aliphatic carbocycles. The zero-order valence-electron chi connectivity index (χ0n) is 12.0. The molecule has 0 N–H and O–H groups in total. The smallest absolute Gasteiger partial charge is 0.454 e. The topological polar surface area (TPSA) is 52.6 Å². The lowest BCUT2D eigenvalue weighted by molar-refractivity contribution is -0.274. The van der Waals surface area contributed by atoms with Gasteiger partial charge in [-0.05, 0) is 36.4 Å². The maximum absolute atomic E-state index is 12.0. The highest BCUT2D eigenvalue weighted by molar-refractivity contribution is 9.10. The molecule has 0 aliphatic heterocycles. The van der Waals surface area contributed by atoms with Crippen molar-refractivity contribution in [3.05, 3.63) is 64.1 Å². The van der Waals surface area contributed by atoms with Gasteiger partial charge in [-0.15, -0.1) is 13.2 Å². The predicted molar refractivity (Wildman–Crippen MR) is 81.9 cm³/mol. The van der Waals surface area contributed by atoms with Gasteiger partial charge in [-0.25, -0.2) is 4.79 Å². The number of hydrogen-bond acceptors (Lipinski definition) is 4. The number of alkyl halides is 3. The number of ketones is 1. The lowest BCUT2D eigenvalue weighted by Crippen LogP contribution is -2.17. The third kappa shape index (κ3) is 5.38. The third-order valence-corrected chi connectivity index (χ3v) is 3.30. The summed E-state index contributed by atoms with van der Waals surface area (Å²) < 4.78 is 45.4. The maximum atomic E-state index is 12.0. The summed E-state index contributed by atoms with van der Waals surface area (Å²) in [5, 5.41) is 0. The van der Waals surface area contributed by atoms with Crippen molar-refractivity contribution in [1.29, 1.82) is 0 Å². The van der Waals surface area contributed by atoms with Crippen molar-refractivity contribution in [2.45, 2.75) is 6.36 Å². The summed E-state index contributed by atoms with van der Waals surface area (Å²) in [5.41, 5.74) is 0.373. The van der Waals surface area contributed by atoms with Crippen molar-refractivity contribution in [1.82, 2.24) is 0 Å².